The summed E-state index contributed by atoms with van der Waals surface area (Å²) >= 11 is 5.59. The molecule has 0 saturated heterocycles. The van der Waals surface area contributed by atoms with Crippen LogP contribution in [0, 0.1) is 6.92 Å². The first-order valence-electron chi connectivity index (χ1n) is 4.91. The maximum absolute atomic E-state index is 11.8. The summed E-state index contributed by atoms with van der Waals surface area (Å²) in [5, 5.41) is 6.89. The Hall–Kier alpha value is -1.03. The van der Waals surface area contributed by atoms with Crippen LogP contribution in [0.4, 0.5) is 0 Å². The number of carbonyl (C=O) groups is 1. The number of aromatic nitrogens is 2. The summed E-state index contributed by atoms with van der Waals surface area (Å²) < 4.78 is 1.68. The van der Waals surface area contributed by atoms with E-state index in [1.54, 1.807) is 10.9 Å². The molecule has 1 N–H and O–H groups in total. The van der Waals surface area contributed by atoms with Crippen molar-refractivity contribution in [3.05, 3.63) is 17.5 Å². The molecule has 5 heteroatoms. The number of amides is 1. The average Bonchev–Trinajstić information content (AvgIpc) is 2.48. The first kappa shape index (κ1) is 12.0. The lowest BCUT2D eigenvalue weighted by molar-refractivity contribution is 0.0938. The molecular weight excluding hydrogens is 214 g/mol. The largest absolute Gasteiger partial charge is 0.349 e. The van der Waals surface area contributed by atoms with Crippen molar-refractivity contribution in [3.63, 3.8) is 0 Å². The highest BCUT2D eigenvalue weighted by Gasteiger charge is 2.14. The summed E-state index contributed by atoms with van der Waals surface area (Å²) in [7, 11) is 1.81. The molecule has 0 saturated carbocycles. The Kier molecular flexibility index (Phi) is 4.15. The van der Waals surface area contributed by atoms with Gasteiger partial charge in [-0.3, -0.25) is 9.48 Å². The van der Waals surface area contributed by atoms with Gasteiger partial charge in [0, 0.05) is 24.7 Å². The maximum Gasteiger partial charge on any atom is 0.254 e. The van der Waals surface area contributed by atoms with Crippen LogP contribution in [-0.4, -0.2) is 27.6 Å². The van der Waals surface area contributed by atoms with Gasteiger partial charge in [0.2, 0.25) is 0 Å². The van der Waals surface area contributed by atoms with Gasteiger partial charge in [0.25, 0.3) is 5.91 Å². The van der Waals surface area contributed by atoms with Crippen LogP contribution in [0.3, 0.4) is 0 Å². The highest BCUT2D eigenvalue weighted by molar-refractivity contribution is 6.17. The second kappa shape index (κ2) is 5.16. The quantitative estimate of drug-likeness (QED) is 0.795. The molecule has 1 unspecified atom stereocenters. The second-order valence-corrected chi connectivity index (χ2v) is 4.00. The summed E-state index contributed by atoms with van der Waals surface area (Å²) in [4.78, 5) is 11.8. The molecule has 1 rings (SSSR count). The van der Waals surface area contributed by atoms with Crippen LogP contribution >= 0.6 is 11.6 Å². The molecule has 1 heterocycles. The molecule has 1 aromatic rings. The van der Waals surface area contributed by atoms with Gasteiger partial charge in [0.15, 0.2) is 0 Å². The molecule has 4 nitrogen and oxygen atoms in total. The van der Waals surface area contributed by atoms with Crippen molar-refractivity contribution >= 4 is 17.5 Å². The molecule has 0 aliphatic heterocycles. The summed E-state index contributed by atoms with van der Waals surface area (Å²) in [6.45, 7) is 3.81. The highest BCUT2D eigenvalue weighted by atomic mass is 35.5. The third kappa shape index (κ3) is 2.96. The predicted octanol–water partition coefficient (Wildman–Crippen LogP) is 1.48. The van der Waals surface area contributed by atoms with Crippen molar-refractivity contribution in [1.29, 1.82) is 0 Å². The van der Waals surface area contributed by atoms with Gasteiger partial charge in [-0.2, -0.15) is 5.10 Å². The minimum absolute atomic E-state index is 0.0850. The van der Waals surface area contributed by atoms with E-state index in [0.29, 0.717) is 11.4 Å². The van der Waals surface area contributed by atoms with Crippen LogP contribution in [-0.2, 0) is 7.05 Å². The molecule has 0 aromatic carbocycles. The SMILES string of the molecule is Cc1c(C(=O)NC(C)CCCl)cnn1C. The fraction of sp³-hybridized carbons (Fsp3) is 0.600. The highest BCUT2D eigenvalue weighted by Crippen LogP contribution is 2.06. The molecule has 0 aliphatic carbocycles. The Labute approximate surface area is 94.6 Å². The number of halogens is 1. The van der Waals surface area contributed by atoms with Crippen LogP contribution in [0.1, 0.15) is 29.4 Å². The molecule has 15 heavy (non-hydrogen) atoms. The van der Waals surface area contributed by atoms with Crippen molar-refractivity contribution in [2.24, 2.45) is 7.05 Å². The molecule has 84 valence electrons. The van der Waals surface area contributed by atoms with E-state index in [0.717, 1.165) is 12.1 Å². The van der Waals surface area contributed by atoms with Crippen molar-refractivity contribution in [2.45, 2.75) is 26.3 Å². The Balaban J connectivity index is 2.65. The molecule has 1 amide bonds. The van der Waals surface area contributed by atoms with Crippen LogP contribution in [0.15, 0.2) is 6.20 Å². The Morgan fingerprint density at radius 3 is 2.87 bits per heavy atom. The minimum atomic E-state index is -0.0850. The van der Waals surface area contributed by atoms with E-state index in [2.05, 4.69) is 10.4 Å². The van der Waals surface area contributed by atoms with E-state index in [1.807, 2.05) is 20.9 Å². The average molecular weight is 230 g/mol. The van der Waals surface area contributed by atoms with Gasteiger partial charge in [0.1, 0.15) is 0 Å². The second-order valence-electron chi connectivity index (χ2n) is 3.62. The van der Waals surface area contributed by atoms with E-state index in [-0.39, 0.29) is 11.9 Å². The van der Waals surface area contributed by atoms with E-state index in [9.17, 15) is 4.79 Å². The minimum Gasteiger partial charge on any atom is -0.349 e. The maximum atomic E-state index is 11.8. The first-order chi connectivity index (χ1) is 7.06. The molecule has 0 spiro atoms. The van der Waals surface area contributed by atoms with Crippen LogP contribution in [0.25, 0.3) is 0 Å². The van der Waals surface area contributed by atoms with Crippen LogP contribution in [0.2, 0.25) is 0 Å². The monoisotopic (exact) mass is 229 g/mol. The number of hydrogen-bond donors (Lipinski definition) is 1. The summed E-state index contributed by atoms with van der Waals surface area (Å²) in [6.07, 6.45) is 2.35. The molecular formula is C10H16ClN3O. The van der Waals surface area contributed by atoms with Gasteiger partial charge < -0.3 is 5.32 Å². The van der Waals surface area contributed by atoms with Gasteiger partial charge in [0.05, 0.1) is 11.8 Å². The van der Waals surface area contributed by atoms with Gasteiger partial charge in [-0.25, -0.2) is 0 Å². The number of hydrogen-bond acceptors (Lipinski definition) is 2. The van der Waals surface area contributed by atoms with Gasteiger partial charge in [-0.1, -0.05) is 0 Å². The number of nitrogens with one attached hydrogen (secondary N) is 1. The van der Waals surface area contributed by atoms with Crippen LogP contribution in [0.5, 0.6) is 0 Å². The van der Waals surface area contributed by atoms with Crippen molar-refractivity contribution in [3.8, 4) is 0 Å². The zero-order valence-electron chi connectivity index (χ0n) is 9.25. The van der Waals surface area contributed by atoms with E-state index in [1.165, 1.54) is 0 Å². The van der Waals surface area contributed by atoms with Crippen molar-refractivity contribution < 1.29 is 4.79 Å². The van der Waals surface area contributed by atoms with Gasteiger partial charge in [-0.15, -0.1) is 11.6 Å². The molecule has 0 fully saturated rings. The zero-order valence-corrected chi connectivity index (χ0v) is 10.0. The predicted molar refractivity (Wildman–Crippen MR) is 60.2 cm³/mol. The third-order valence-electron chi connectivity index (χ3n) is 2.40. The lowest BCUT2D eigenvalue weighted by Gasteiger charge is -2.11. The standard InChI is InChI=1S/C10H16ClN3O/c1-7(4-5-11)13-10(15)9-6-12-14(3)8(9)2/h6-7H,4-5H2,1-3H3,(H,13,15). The Morgan fingerprint density at radius 1 is 1.73 bits per heavy atom. The molecule has 0 bridgehead atoms. The smallest absolute Gasteiger partial charge is 0.254 e. The first-order valence-corrected chi connectivity index (χ1v) is 5.45. The summed E-state index contributed by atoms with van der Waals surface area (Å²) in [5.41, 5.74) is 1.49. The lowest BCUT2D eigenvalue weighted by Crippen LogP contribution is -2.33. The summed E-state index contributed by atoms with van der Waals surface area (Å²) in [5.74, 6) is 0.464. The normalized spacial score (nSPS) is 12.5. The van der Waals surface area contributed by atoms with E-state index in [4.69, 9.17) is 11.6 Å². The number of nitrogens with zero attached hydrogens (tertiary/aromatic N) is 2. The third-order valence-corrected chi connectivity index (χ3v) is 2.62. The van der Waals surface area contributed by atoms with Gasteiger partial charge in [-0.05, 0) is 20.3 Å². The number of rotatable bonds is 4. The van der Waals surface area contributed by atoms with Gasteiger partial charge >= 0.3 is 0 Å². The molecule has 0 radical (unpaired) electrons. The lowest BCUT2D eigenvalue weighted by atomic mass is 10.2. The topological polar surface area (TPSA) is 46.9 Å². The Bertz CT molecular complexity index is 348. The molecule has 1 aromatic heterocycles. The number of alkyl halides is 1. The van der Waals surface area contributed by atoms with Crippen LogP contribution < -0.4 is 5.32 Å². The number of aryl methyl sites for hydroxylation is 1. The fourth-order valence-corrected chi connectivity index (χ4v) is 1.59. The zero-order chi connectivity index (χ0) is 11.4. The molecule has 1 atom stereocenters. The number of carbonyl (C=O) groups excluding carboxylic acids is 1. The molecule has 0 aliphatic rings. The summed E-state index contributed by atoms with van der Waals surface area (Å²) in [6, 6.07) is 0.0922. The fourth-order valence-electron chi connectivity index (χ4n) is 1.26. The Morgan fingerprint density at radius 2 is 2.40 bits per heavy atom. The van der Waals surface area contributed by atoms with E-state index < -0.39 is 0 Å². The van der Waals surface area contributed by atoms with Crippen molar-refractivity contribution in [1.82, 2.24) is 15.1 Å². The van der Waals surface area contributed by atoms with E-state index >= 15 is 0 Å². The van der Waals surface area contributed by atoms with Crippen molar-refractivity contribution in [2.75, 3.05) is 5.88 Å².